The standard InChI is InChI=1S/C15H19NO5/c17-13-7-6-11(14(18)19)8-12(13)16-15(20)21-9-10-4-2-1-3-5-10/h1-5,11-13,17H,6-9H2,(H,16,20)(H,18,19). The smallest absolute Gasteiger partial charge is 0.407 e. The van der Waals surface area contributed by atoms with E-state index < -0.39 is 30.1 Å². The minimum atomic E-state index is -0.897. The van der Waals surface area contributed by atoms with Crippen molar-refractivity contribution in [1.29, 1.82) is 0 Å². The molecule has 0 radical (unpaired) electrons. The van der Waals surface area contributed by atoms with Gasteiger partial charge < -0.3 is 20.3 Å². The molecule has 1 aromatic rings. The molecule has 0 bridgehead atoms. The number of aliphatic carboxylic acids is 1. The molecule has 1 fully saturated rings. The largest absolute Gasteiger partial charge is 0.481 e. The van der Waals surface area contributed by atoms with E-state index >= 15 is 0 Å². The number of aliphatic hydroxyl groups excluding tert-OH is 1. The quantitative estimate of drug-likeness (QED) is 0.782. The van der Waals surface area contributed by atoms with Crippen molar-refractivity contribution < 1.29 is 24.5 Å². The van der Waals surface area contributed by atoms with Crippen molar-refractivity contribution in [3.8, 4) is 0 Å². The number of aliphatic hydroxyl groups is 1. The first-order valence-corrected chi connectivity index (χ1v) is 6.94. The maximum Gasteiger partial charge on any atom is 0.407 e. The Hall–Kier alpha value is -2.08. The Balaban J connectivity index is 1.82. The number of hydrogen-bond acceptors (Lipinski definition) is 4. The molecule has 3 N–H and O–H groups in total. The van der Waals surface area contributed by atoms with Crippen molar-refractivity contribution >= 4 is 12.1 Å². The summed E-state index contributed by atoms with van der Waals surface area (Å²) in [5.41, 5.74) is 0.861. The fourth-order valence-electron chi connectivity index (χ4n) is 2.45. The number of ether oxygens (including phenoxy) is 1. The Morgan fingerprint density at radius 1 is 1.24 bits per heavy atom. The number of carboxylic acid groups (broad SMARTS) is 1. The van der Waals surface area contributed by atoms with E-state index in [1.54, 1.807) is 0 Å². The summed E-state index contributed by atoms with van der Waals surface area (Å²) in [5, 5.41) is 21.4. The molecule has 6 heteroatoms. The second-order valence-electron chi connectivity index (χ2n) is 5.23. The van der Waals surface area contributed by atoms with Crippen LogP contribution in [-0.4, -0.2) is 34.4 Å². The number of nitrogens with one attached hydrogen (secondary N) is 1. The molecule has 3 unspecified atom stereocenters. The number of amides is 1. The molecule has 1 saturated carbocycles. The van der Waals surface area contributed by atoms with Crippen molar-refractivity contribution in [3.05, 3.63) is 35.9 Å². The zero-order valence-electron chi connectivity index (χ0n) is 11.6. The zero-order chi connectivity index (χ0) is 15.2. The molecule has 1 aliphatic rings. The number of carboxylic acids is 1. The van der Waals surface area contributed by atoms with Gasteiger partial charge >= 0.3 is 12.1 Å². The SMILES string of the molecule is O=C(NC1CC(C(=O)O)CCC1O)OCc1ccccc1. The van der Waals surface area contributed by atoms with Crippen molar-refractivity contribution in [2.75, 3.05) is 0 Å². The van der Waals surface area contributed by atoms with E-state index in [1.165, 1.54) is 0 Å². The zero-order valence-corrected chi connectivity index (χ0v) is 11.6. The van der Waals surface area contributed by atoms with Crippen LogP contribution in [-0.2, 0) is 16.1 Å². The number of carbonyl (C=O) groups is 2. The molecule has 1 aliphatic carbocycles. The molecule has 21 heavy (non-hydrogen) atoms. The van der Waals surface area contributed by atoms with Gasteiger partial charge in [-0.3, -0.25) is 4.79 Å². The number of rotatable bonds is 4. The number of benzene rings is 1. The molecule has 114 valence electrons. The Labute approximate surface area is 122 Å². The van der Waals surface area contributed by atoms with Gasteiger partial charge in [-0.15, -0.1) is 0 Å². The maximum atomic E-state index is 11.7. The monoisotopic (exact) mass is 293 g/mol. The highest BCUT2D eigenvalue weighted by Gasteiger charge is 2.33. The molecule has 1 aromatic carbocycles. The second kappa shape index (κ2) is 7.08. The van der Waals surface area contributed by atoms with E-state index in [0.29, 0.717) is 12.8 Å². The van der Waals surface area contributed by atoms with E-state index in [9.17, 15) is 14.7 Å². The predicted molar refractivity (Wildman–Crippen MR) is 74.5 cm³/mol. The summed E-state index contributed by atoms with van der Waals surface area (Å²) in [4.78, 5) is 22.7. The Morgan fingerprint density at radius 2 is 1.95 bits per heavy atom. The van der Waals surface area contributed by atoms with Crippen LogP contribution in [0.25, 0.3) is 0 Å². The normalized spacial score (nSPS) is 25.1. The number of carbonyl (C=O) groups excluding carboxylic acids is 1. The predicted octanol–water partition coefficient (Wildman–Crippen LogP) is 1.53. The van der Waals surface area contributed by atoms with Gasteiger partial charge in [-0.25, -0.2) is 4.79 Å². The topological polar surface area (TPSA) is 95.9 Å². The van der Waals surface area contributed by atoms with Crippen LogP contribution in [0.15, 0.2) is 30.3 Å². The molecule has 0 heterocycles. The maximum absolute atomic E-state index is 11.7. The van der Waals surface area contributed by atoms with Crippen LogP contribution in [0.2, 0.25) is 0 Å². The third-order valence-corrected chi connectivity index (χ3v) is 3.68. The molecule has 0 spiro atoms. The summed E-state index contributed by atoms with van der Waals surface area (Å²) in [7, 11) is 0. The van der Waals surface area contributed by atoms with Crippen molar-refractivity contribution in [3.63, 3.8) is 0 Å². The van der Waals surface area contributed by atoms with E-state index in [0.717, 1.165) is 5.56 Å². The summed E-state index contributed by atoms with van der Waals surface area (Å²) in [6, 6.07) is 8.65. The van der Waals surface area contributed by atoms with Crippen LogP contribution < -0.4 is 5.32 Å². The lowest BCUT2D eigenvalue weighted by Gasteiger charge is -2.31. The molecule has 0 aromatic heterocycles. The molecule has 3 atom stereocenters. The van der Waals surface area contributed by atoms with Crippen molar-refractivity contribution in [1.82, 2.24) is 5.32 Å². The third-order valence-electron chi connectivity index (χ3n) is 3.68. The molecular formula is C15H19NO5. The second-order valence-corrected chi connectivity index (χ2v) is 5.23. The van der Waals surface area contributed by atoms with Crippen molar-refractivity contribution in [2.45, 2.75) is 38.0 Å². The fraction of sp³-hybridized carbons (Fsp3) is 0.467. The highest BCUT2D eigenvalue weighted by molar-refractivity contribution is 5.71. The minimum Gasteiger partial charge on any atom is -0.481 e. The van der Waals surface area contributed by atoms with Gasteiger partial charge in [0.1, 0.15) is 6.61 Å². The number of hydrogen-bond donors (Lipinski definition) is 3. The minimum absolute atomic E-state index is 0.137. The first-order chi connectivity index (χ1) is 10.1. The van der Waals surface area contributed by atoms with E-state index in [1.807, 2.05) is 30.3 Å². The van der Waals surface area contributed by atoms with E-state index in [4.69, 9.17) is 9.84 Å². The van der Waals surface area contributed by atoms with Gasteiger partial charge in [0.2, 0.25) is 0 Å². The molecule has 2 rings (SSSR count). The van der Waals surface area contributed by atoms with Crippen molar-refractivity contribution in [2.24, 2.45) is 5.92 Å². The summed E-state index contributed by atoms with van der Waals surface area (Å²) in [6.45, 7) is 0.137. The molecule has 0 aliphatic heterocycles. The Kier molecular flexibility index (Phi) is 5.16. The Bertz CT molecular complexity index is 490. The van der Waals surface area contributed by atoms with Gasteiger partial charge in [-0.05, 0) is 24.8 Å². The van der Waals surface area contributed by atoms with Crippen LogP contribution in [0, 0.1) is 5.92 Å². The lowest BCUT2D eigenvalue weighted by molar-refractivity contribution is -0.144. The average molecular weight is 293 g/mol. The first kappa shape index (κ1) is 15.3. The summed E-state index contributed by atoms with van der Waals surface area (Å²) in [5.74, 6) is -1.43. The van der Waals surface area contributed by atoms with Crippen LogP contribution in [0.5, 0.6) is 0 Å². The van der Waals surface area contributed by atoms with Crippen LogP contribution >= 0.6 is 0 Å². The van der Waals surface area contributed by atoms with Gasteiger partial charge in [0.15, 0.2) is 0 Å². The van der Waals surface area contributed by atoms with E-state index in [2.05, 4.69) is 5.32 Å². The van der Waals surface area contributed by atoms with E-state index in [-0.39, 0.29) is 13.0 Å². The van der Waals surface area contributed by atoms with Gasteiger partial charge in [-0.2, -0.15) is 0 Å². The molecular weight excluding hydrogens is 274 g/mol. The molecule has 1 amide bonds. The average Bonchev–Trinajstić information content (AvgIpc) is 2.48. The summed E-state index contributed by atoms with van der Waals surface area (Å²) >= 11 is 0. The van der Waals surface area contributed by atoms with Gasteiger partial charge in [-0.1, -0.05) is 30.3 Å². The fourth-order valence-corrected chi connectivity index (χ4v) is 2.45. The lowest BCUT2D eigenvalue weighted by Crippen LogP contribution is -2.48. The molecule has 6 nitrogen and oxygen atoms in total. The summed E-state index contributed by atoms with van der Waals surface area (Å²) in [6.07, 6.45) is -0.371. The molecule has 0 saturated heterocycles. The van der Waals surface area contributed by atoms with Gasteiger partial charge in [0.25, 0.3) is 0 Å². The van der Waals surface area contributed by atoms with Crippen LogP contribution in [0.4, 0.5) is 4.79 Å². The Morgan fingerprint density at radius 3 is 2.62 bits per heavy atom. The van der Waals surface area contributed by atoms with Crippen LogP contribution in [0.1, 0.15) is 24.8 Å². The first-order valence-electron chi connectivity index (χ1n) is 6.94. The van der Waals surface area contributed by atoms with Gasteiger partial charge in [0, 0.05) is 0 Å². The number of alkyl carbamates (subject to hydrolysis) is 1. The van der Waals surface area contributed by atoms with Crippen LogP contribution in [0.3, 0.4) is 0 Å². The lowest BCUT2D eigenvalue weighted by atomic mass is 9.84. The van der Waals surface area contributed by atoms with Gasteiger partial charge in [0.05, 0.1) is 18.1 Å². The highest BCUT2D eigenvalue weighted by Crippen LogP contribution is 2.25. The third kappa shape index (κ3) is 4.46. The highest BCUT2D eigenvalue weighted by atomic mass is 16.5. The summed E-state index contributed by atoms with van der Waals surface area (Å²) < 4.78 is 5.07.